The van der Waals surface area contributed by atoms with Crippen LogP contribution in [0.4, 0.5) is 0 Å². The summed E-state index contributed by atoms with van der Waals surface area (Å²) in [5, 5.41) is 12.6. The SMILES string of the molecule is CSC1CNCC1O. The smallest absolute Gasteiger partial charge is 0.0795 e. The molecule has 0 aliphatic carbocycles. The van der Waals surface area contributed by atoms with Crippen LogP contribution in [-0.2, 0) is 0 Å². The van der Waals surface area contributed by atoms with E-state index in [2.05, 4.69) is 5.32 Å². The third-order valence-electron chi connectivity index (χ3n) is 1.43. The van der Waals surface area contributed by atoms with E-state index in [1.807, 2.05) is 6.26 Å². The first-order valence-corrected chi connectivity index (χ1v) is 4.05. The van der Waals surface area contributed by atoms with Gasteiger partial charge in [0.25, 0.3) is 0 Å². The molecule has 2 unspecified atom stereocenters. The molecule has 0 aromatic carbocycles. The standard InChI is InChI=1S/C5H11NOS/c1-8-5-3-6-2-4(5)7/h4-7H,2-3H2,1H3. The van der Waals surface area contributed by atoms with Crippen molar-refractivity contribution >= 4 is 11.8 Å². The normalized spacial score (nSPS) is 38.2. The molecule has 0 amide bonds. The fraction of sp³-hybridized carbons (Fsp3) is 1.00. The average Bonchev–Trinajstić information content (AvgIpc) is 2.14. The Balaban J connectivity index is 2.30. The van der Waals surface area contributed by atoms with Crippen molar-refractivity contribution in [1.29, 1.82) is 0 Å². The van der Waals surface area contributed by atoms with Gasteiger partial charge in [-0.15, -0.1) is 0 Å². The maximum absolute atomic E-state index is 9.11. The van der Waals surface area contributed by atoms with Gasteiger partial charge in [0.1, 0.15) is 0 Å². The Kier molecular flexibility index (Phi) is 2.16. The van der Waals surface area contributed by atoms with Crippen LogP contribution in [0.2, 0.25) is 0 Å². The highest BCUT2D eigenvalue weighted by Crippen LogP contribution is 2.13. The van der Waals surface area contributed by atoms with E-state index in [0.29, 0.717) is 5.25 Å². The van der Waals surface area contributed by atoms with E-state index in [0.717, 1.165) is 13.1 Å². The van der Waals surface area contributed by atoms with Gasteiger partial charge in [-0.05, 0) is 6.26 Å². The molecule has 2 nitrogen and oxygen atoms in total. The summed E-state index contributed by atoms with van der Waals surface area (Å²) in [6.45, 7) is 1.73. The van der Waals surface area contributed by atoms with Gasteiger partial charge in [-0.1, -0.05) is 0 Å². The van der Waals surface area contributed by atoms with Crippen molar-refractivity contribution in [2.75, 3.05) is 19.3 Å². The van der Waals surface area contributed by atoms with Crippen molar-refractivity contribution in [2.45, 2.75) is 11.4 Å². The van der Waals surface area contributed by atoms with E-state index < -0.39 is 0 Å². The van der Waals surface area contributed by atoms with Gasteiger partial charge in [0, 0.05) is 18.3 Å². The molecule has 8 heavy (non-hydrogen) atoms. The van der Waals surface area contributed by atoms with Crippen LogP contribution < -0.4 is 5.32 Å². The van der Waals surface area contributed by atoms with Gasteiger partial charge in [-0.3, -0.25) is 0 Å². The van der Waals surface area contributed by atoms with Crippen molar-refractivity contribution < 1.29 is 5.11 Å². The van der Waals surface area contributed by atoms with Gasteiger partial charge in [-0.25, -0.2) is 0 Å². The Hall–Kier alpha value is 0.270. The zero-order valence-electron chi connectivity index (χ0n) is 4.92. The largest absolute Gasteiger partial charge is 0.391 e. The van der Waals surface area contributed by atoms with Gasteiger partial charge in [0.15, 0.2) is 0 Å². The molecule has 2 atom stereocenters. The first kappa shape index (κ1) is 6.39. The molecule has 1 saturated heterocycles. The van der Waals surface area contributed by atoms with Crippen molar-refractivity contribution in [1.82, 2.24) is 5.32 Å². The minimum absolute atomic E-state index is 0.120. The molecule has 48 valence electrons. The molecule has 0 bridgehead atoms. The fourth-order valence-electron chi connectivity index (χ4n) is 0.881. The summed E-state index contributed by atoms with van der Waals surface area (Å²) in [7, 11) is 0. The van der Waals surface area contributed by atoms with E-state index in [1.165, 1.54) is 0 Å². The summed E-state index contributed by atoms with van der Waals surface area (Å²) < 4.78 is 0. The molecule has 2 N–H and O–H groups in total. The number of nitrogens with one attached hydrogen (secondary N) is 1. The van der Waals surface area contributed by atoms with Crippen LogP contribution in [0.25, 0.3) is 0 Å². The average molecular weight is 133 g/mol. The number of hydrogen-bond acceptors (Lipinski definition) is 3. The highest BCUT2D eigenvalue weighted by molar-refractivity contribution is 7.99. The molecule has 1 rings (SSSR count). The highest BCUT2D eigenvalue weighted by atomic mass is 32.2. The topological polar surface area (TPSA) is 32.3 Å². The number of aliphatic hydroxyl groups is 1. The minimum atomic E-state index is -0.120. The lowest BCUT2D eigenvalue weighted by atomic mass is 10.3. The first-order chi connectivity index (χ1) is 3.84. The lowest BCUT2D eigenvalue weighted by Crippen LogP contribution is -2.19. The second-order valence-electron chi connectivity index (χ2n) is 2.00. The molecule has 1 fully saturated rings. The summed E-state index contributed by atoms with van der Waals surface area (Å²) in [6.07, 6.45) is 1.91. The second-order valence-corrected chi connectivity index (χ2v) is 3.08. The Morgan fingerprint density at radius 3 is 2.62 bits per heavy atom. The van der Waals surface area contributed by atoms with Gasteiger partial charge < -0.3 is 10.4 Å². The van der Waals surface area contributed by atoms with E-state index in [4.69, 9.17) is 5.11 Å². The molecule has 0 saturated carbocycles. The molecule has 0 spiro atoms. The van der Waals surface area contributed by atoms with E-state index in [9.17, 15) is 0 Å². The van der Waals surface area contributed by atoms with E-state index in [1.54, 1.807) is 11.8 Å². The van der Waals surface area contributed by atoms with Crippen molar-refractivity contribution in [3.8, 4) is 0 Å². The Bertz CT molecular complexity index is 78.8. The highest BCUT2D eigenvalue weighted by Gasteiger charge is 2.22. The lowest BCUT2D eigenvalue weighted by Gasteiger charge is -2.07. The Morgan fingerprint density at radius 1 is 1.62 bits per heavy atom. The maximum Gasteiger partial charge on any atom is 0.0795 e. The van der Waals surface area contributed by atoms with Gasteiger partial charge >= 0.3 is 0 Å². The van der Waals surface area contributed by atoms with Gasteiger partial charge in [0.2, 0.25) is 0 Å². The fourth-order valence-corrected chi connectivity index (χ4v) is 1.58. The summed E-state index contributed by atoms with van der Waals surface area (Å²) in [5.41, 5.74) is 0. The van der Waals surface area contributed by atoms with E-state index in [-0.39, 0.29) is 6.10 Å². The van der Waals surface area contributed by atoms with Crippen molar-refractivity contribution in [3.63, 3.8) is 0 Å². The van der Waals surface area contributed by atoms with Crippen LogP contribution in [0, 0.1) is 0 Å². The molecular formula is C5H11NOS. The molecule has 0 aromatic heterocycles. The predicted octanol–water partition coefficient (Wildman–Crippen LogP) is -0.318. The van der Waals surface area contributed by atoms with Crippen LogP contribution in [0.1, 0.15) is 0 Å². The summed E-state index contributed by atoms with van der Waals surface area (Å²) >= 11 is 1.73. The summed E-state index contributed by atoms with van der Waals surface area (Å²) in [4.78, 5) is 0. The van der Waals surface area contributed by atoms with Gasteiger partial charge in [-0.2, -0.15) is 11.8 Å². The minimum Gasteiger partial charge on any atom is -0.391 e. The maximum atomic E-state index is 9.11. The van der Waals surface area contributed by atoms with Crippen molar-refractivity contribution in [3.05, 3.63) is 0 Å². The molecule has 0 aromatic rings. The quantitative estimate of drug-likeness (QED) is 0.514. The third-order valence-corrected chi connectivity index (χ3v) is 2.52. The molecule has 1 heterocycles. The lowest BCUT2D eigenvalue weighted by molar-refractivity contribution is 0.201. The number of rotatable bonds is 1. The van der Waals surface area contributed by atoms with Crippen LogP contribution in [0.3, 0.4) is 0 Å². The summed E-state index contributed by atoms with van der Waals surface area (Å²) in [5.74, 6) is 0. The second kappa shape index (κ2) is 2.71. The zero-order chi connectivity index (χ0) is 5.98. The zero-order valence-corrected chi connectivity index (χ0v) is 5.74. The first-order valence-electron chi connectivity index (χ1n) is 2.76. The number of aliphatic hydroxyl groups excluding tert-OH is 1. The van der Waals surface area contributed by atoms with Crippen LogP contribution in [0.15, 0.2) is 0 Å². The van der Waals surface area contributed by atoms with Crippen LogP contribution in [-0.4, -0.2) is 35.8 Å². The predicted molar refractivity (Wildman–Crippen MR) is 36.2 cm³/mol. The van der Waals surface area contributed by atoms with Crippen LogP contribution in [0.5, 0.6) is 0 Å². The Morgan fingerprint density at radius 2 is 2.38 bits per heavy atom. The van der Waals surface area contributed by atoms with E-state index >= 15 is 0 Å². The molecule has 1 aliphatic heterocycles. The van der Waals surface area contributed by atoms with Crippen LogP contribution >= 0.6 is 11.8 Å². The Labute approximate surface area is 53.7 Å². The third kappa shape index (κ3) is 1.16. The van der Waals surface area contributed by atoms with Gasteiger partial charge in [0.05, 0.1) is 6.10 Å². The number of β-amino-alcohol motifs (C(OH)–C–C–N with tert-alkyl or cyclic N) is 1. The molecule has 3 heteroatoms. The number of thioether (sulfide) groups is 1. The molecule has 1 aliphatic rings. The van der Waals surface area contributed by atoms with Crippen molar-refractivity contribution in [2.24, 2.45) is 0 Å². The number of hydrogen-bond donors (Lipinski definition) is 2. The molecule has 0 radical (unpaired) electrons. The molecular weight excluding hydrogens is 122 g/mol. The monoisotopic (exact) mass is 133 g/mol. The summed E-state index contributed by atoms with van der Waals surface area (Å²) in [6, 6.07) is 0.